The molecule has 1 N–H and O–H groups in total. The largest absolute Gasteiger partial charge is 0.312 e. The highest BCUT2D eigenvalue weighted by molar-refractivity contribution is 7.92. The molecule has 6 nitrogen and oxygen atoms in total. The highest BCUT2D eigenvalue weighted by Crippen LogP contribution is 2.23. The minimum Gasteiger partial charge on any atom is -0.312 e. The van der Waals surface area contributed by atoms with Gasteiger partial charge in [-0.1, -0.05) is 59.4 Å². The maximum atomic E-state index is 13.2. The lowest BCUT2D eigenvalue weighted by atomic mass is 10.2. The third kappa shape index (κ3) is 4.67. The van der Waals surface area contributed by atoms with Gasteiger partial charge in [0.05, 0.1) is 26.4 Å². The summed E-state index contributed by atoms with van der Waals surface area (Å²) in [6.45, 7) is 8.21. The summed E-state index contributed by atoms with van der Waals surface area (Å²) in [7, 11) is -3.86. The van der Waals surface area contributed by atoms with Gasteiger partial charge >= 0.3 is 0 Å². The van der Waals surface area contributed by atoms with Crippen LogP contribution in [0.5, 0.6) is 0 Å². The lowest BCUT2D eigenvalue weighted by Crippen LogP contribution is -2.18. The van der Waals surface area contributed by atoms with Gasteiger partial charge in [0.2, 0.25) is 0 Å². The predicted octanol–water partition coefficient (Wildman–Crippen LogP) is 5.05. The van der Waals surface area contributed by atoms with Crippen molar-refractivity contribution in [2.45, 2.75) is 25.3 Å². The van der Waals surface area contributed by atoms with E-state index in [2.05, 4.69) is 16.3 Å². The number of hydrogen-bond acceptors (Lipinski definition) is 4. The minimum atomic E-state index is -3.86. The topological polar surface area (TPSA) is 80.5 Å². The Bertz CT molecular complexity index is 1530. The fourth-order valence-electron chi connectivity index (χ4n) is 3.52. The molecule has 1 amide bonds. The number of anilines is 1. The number of thiazole rings is 1. The molecule has 0 aliphatic heterocycles. The molecule has 0 aliphatic carbocycles. The fourth-order valence-corrected chi connectivity index (χ4v) is 5.71. The number of para-hydroxylation sites is 2. The van der Waals surface area contributed by atoms with Crippen LogP contribution in [0, 0.1) is 13.8 Å². The van der Waals surface area contributed by atoms with Crippen molar-refractivity contribution in [1.29, 1.82) is 0 Å². The molecule has 4 rings (SSSR count). The van der Waals surface area contributed by atoms with Gasteiger partial charge in [-0.2, -0.15) is 4.99 Å². The summed E-state index contributed by atoms with van der Waals surface area (Å²) in [6, 6.07) is 18.9. The number of rotatable bonds is 6. The molecular formula is C25H23N3O3S2. The number of nitrogens with one attached hydrogen (secondary N) is 1. The molecule has 0 saturated heterocycles. The number of carbonyl (C=O) groups is 1. The van der Waals surface area contributed by atoms with E-state index in [4.69, 9.17) is 0 Å². The fraction of sp³-hybridized carbons (Fsp3) is 0.120. The van der Waals surface area contributed by atoms with E-state index >= 15 is 0 Å². The number of nitrogens with zero attached hydrogens (tertiary/aromatic N) is 2. The first kappa shape index (κ1) is 22.7. The summed E-state index contributed by atoms with van der Waals surface area (Å²) in [6.07, 6.45) is 1.76. The molecule has 0 radical (unpaired) electrons. The van der Waals surface area contributed by atoms with Crippen molar-refractivity contribution in [3.05, 3.63) is 101 Å². The molecule has 4 aromatic rings. The van der Waals surface area contributed by atoms with E-state index in [1.54, 1.807) is 42.5 Å². The normalized spacial score (nSPS) is 12.1. The molecule has 0 atom stereocenters. The zero-order valence-electron chi connectivity index (χ0n) is 18.3. The molecule has 0 spiro atoms. The average molecular weight is 478 g/mol. The van der Waals surface area contributed by atoms with Crippen molar-refractivity contribution < 1.29 is 13.2 Å². The molecule has 8 heteroatoms. The van der Waals surface area contributed by atoms with Crippen molar-refractivity contribution in [3.63, 3.8) is 0 Å². The third-order valence-corrected chi connectivity index (χ3v) is 7.57. The van der Waals surface area contributed by atoms with Crippen LogP contribution in [0.1, 0.15) is 21.5 Å². The number of aromatic nitrogens is 1. The van der Waals surface area contributed by atoms with E-state index in [0.717, 1.165) is 21.3 Å². The van der Waals surface area contributed by atoms with Crippen LogP contribution in [0.3, 0.4) is 0 Å². The van der Waals surface area contributed by atoms with Gasteiger partial charge in [-0.15, -0.1) is 6.58 Å². The Labute approximate surface area is 196 Å². The van der Waals surface area contributed by atoms with Gasteiger partial charge in [0.25, 0.3) is 15.9 Å². The van der Waals surface area contributed by atoms with Crippen molar-refractivity contribution in [3.8, 4) is 0 Å². The SMILES string of the molecule is C=CCn1c(=NC(=O)c2ccccc2NS(=O)(=O)c2ccc(C)cc2)sc2cccc(C)c21. The molecule has 0 aliphatic rings. The number of fused-ring (bicyclic) bond motifs is 1. The van der Waals surface area contributed by atoms with Crippen LogP contribution in [0.25, 0.3) is 10.2 Å². The van der Waals surface area contributed by atoms with Gasteiger partial charge in [0, 0.05) is 6.54 Å². The van der Waals surface area contributed by atoms with Crippen molar-refractivity contribution in [2.75, 3.05) is 4.72 Å². The standard InChI is InChI=1S/C25H23N3O3S2/c1-4-16-28-23-18(3)8-7-11-22(23)32-25(28)26-24(29)20-9-5-6-10-21(20)27-33(30,31)19-14-12-17(2)13-15-19/h4-15,27H,1,16H2,2-3H3. The van der Waals surface area contributed by atoms with E-state index in [9.17, 15) is 13.2 Å². The van der Waals surface area contributed by atoms with Gasteiger partial charge in [-0.3, -0.25) is 9.52 Å². The Balaban J connectivity index is 1.76. The Morgan fingerprint density at radius 3 is 2.52 bits per heavy atom. The summed E-state index contributed by atoms with van der Waals surface area (Å²) in [5.74, 6) is -0.528. The molecule has 0 fully saturated rings. The summed E-state index contributed by atoms with van der Waals surface area (Å²) in [4.78, 5) is 18.2. The van der Waals surface area contributed by atoms with E-state index < -0.39 is 15.9 Å². The van der Waals surface area contributed by atoms with Crippen LogP contribution >= 0.6 is 11.3 Å². The Morgan fingerprint density at radius 1 is 1.06 bits per heavy atom. The first-order valence-corrected chi connectivity index (χ1v) is 12.6. The van der Waals surface area contributed by atoms with E-state index in [0.29, 0.717) is 11.3 Å². The van der Waals surface area contributed by atoms with Crippen LogP contribution in [0.2, 0.25) is 0 Å². The molecular weight excluding hydrogens is 454 g/mol. The van der Waals surface area contributed by atoms with Gasteiger partial charge in [-0.25, -0.2) is 8.42 Å². The van der Waals surface area contributed by atoms with Crippen LogP contribution < -0.4 is 9.52 Å². The van der Waals surface area contributed by atoms with Crippen LogP contribution in [0.4, 0.5) is 5.69 Å². The second kappa shape index (κ2) is 9.17. The smallest absolute Gasteiger partial charge is 0.281 e. The summed E-state index contributed by atoms with van der Waals surface area (Å²) in [5, 5.41) is 0. The van der Waals surface area contributed by atoms with Crippen LogP contribution in [0.15, 0.2) is 89.3 Å². The Kier molecular flexibility index (Phi) is 6.31. The molecule has 168 valence electrons. The molecule has 3 aromatic carbocycles. The lowest BCUT2D eigenvalue weighted by molar-refractivity contribution is 0.0998. The molecule has 0 saturated carbocycles. The predicted molar refractivity (Wildman–Crippen MR) is 133 cm³/mol. The zero-order chi connectivity index (χ0) is 23.6. The summed E-state index contributed by atoms with van der Waals surface area (Å²) in [5.41, 5.74) is 3.38. The number of benzene rings is 3. The average Bonchev–Trinajstić information content (AvgIpc) is 3.12. The lowest BCUT2D eigenvalue weighted by Gasteiger charge is -2.11. The highest BCUT2D eigenvalue weighted by atomic mass is 32.2. The number of carbonyl (C=O) groups excluding carboxylic acids is 1. The van der Waals surface area contributed by atoms with Crippen molar-refractivity contribution in [1.82, 2.24) is 4.57 Å². The van der Waals surface area contributed by atoms with E-state index in [1.165, 1.54) is 23.5 Å². The number of hydrogen-bond donors (Lipinski definition) is 1. The third-order valence-electron chi connectivity index (χ3n) is 5.14. The number of sulfonamides is 1. The zero-order valence-corrected chi connectivity index (χ0v) is 19.9. The second-order valence-electron chi connectivity index (χ2n) is 7.59. The van der Waals surface area contributed by atoms with Gasteiger partial charge < -0.3 is 4.57 Å². The Morgan fingerprint density at radius 2 is 1.79 bits per heavy atom. The molecule has 0 unspecified atom stereocenters. The maximum Gasteiger partial charge on any atom is 0.281 e. The quantitative estimate of drug-likeness (QED) is 0.395. The maximum absolute atomic E-state index is 13.2. The van der Waals surface area contributed by atoms with Gasteiger partial charge in [-0.05, 0) is 49.7 Å². The van der Waals surface area contributed by atoms with E-state index in [-0.39, 0.29) is 16.1 Å². The number of allylic oxidation sites excluding steroid dienone is 1. The highest BCUT2D eigenvalue weighted by Gasteiger charge is 2.19. The second-order valence-corrected chi connectivity index (χ2v) is 10.3. The summed E-state index contributed by atoms with van der Waals surface area (Å²) < 4.78 is 31.2. The first-order valence-electron chi connectivity index (χ1n) is 10.3. The molecule has 1 aromatic heterocycles. The molecule has 33 heavy (non-hydrogen) atoms. The number of amides is 1. The molecule has 1 heterocycles. The van der Waals surface area contributed by atoms with Crippen LogP contribution in [-0.4, -0.2) is 18.9 Å². The van der Waals surface area contributed by atoms with E-state index in [1.807, 2.05) is 36.6 Å². The van der Waals surface area contributed by atoms with Gasteiger partial charge in [0.15, 0.2) is 4.80 Å². The van der Waals surface area contributed by atoms with Crippen LogP contribution in [-0.2, 0) is 16.6 Å². The monoisotopic (exact) mass is 477 g/mol. The first-order chi connectivity index (χ1) is 15.8. The van der Waals surface area contributed by atoms with Gasteiger partial charge in [0.1, 0.15) is 0 Å². The van der Waals surface area contributed by atoms with Crippen molar-refractivity contribution in [2.24, 2.45) is 4.99 Å². The minimum absolute atomic E-state index is 0.121. The Hall–Kier alpha value is -3.49. The molecule has 0 bridgehead atoms. The summed E-state index contributed by atoms with van der Waals surface area (Å²) >= 11 is 1.41. The van der Waals surface area contributed by atoms with Crippen molar-refractivity contribution >= 4 is 43.2 Å². The number of aryl methyl sites for hydroxylation is 2.